The first-order chi connectivity index (χ1) is 12.5. The van der Waals surface area contributed by atoms with Crippen LogP contribution < -0.4 is 5.32 Å². The molecular weight excluding hydrogens is 392 g/mol. The molecule has 0 spiro atoms. The van der Waals surface area contributed by atoms with Gasteiger partial charge in [-0.25, -0.2) is 4.98 Å². The molecule has 0 bridgehead atoms. The van der Waals surface area contributed by atoms with Gasteiger partial charge in [-0.1, -0.05) is 29.8 Å². The summed E-state index contributed by atoms with van der Waals surface area (Å²) in [6, 6.07) is 11.2. The predicted molar refractivity (Wildman–Crippen MR) is 106 cm³/mol. The quantitative estimate of drug-likeness (QED) is 0.553. The maximum Gasteiger partial charge on any atom is 0.228 e. The van der Waals surface area contributed by atoms with Gasteiger partial charge in [0.1, 0.15) is 12.0 Å². The molecule has 2 atom stereocenters. The average Bonchev–Trinajstić information content (AvgIpc) is 3.24. The predicted octanol–water partition coefficient (Wildman–Crippen LogP) is 3.72. The average molecular weight is 411 g/mol. The molecule has 0 aliphatic heterocycles. The Labute approximate surface area is 163 Å². The summed E-state index contributed by atoms with van der Waals surface area (Å²) in [6.45, 7) is 2.33. The van der Waals surface area contributed by atoms with E-state index in [9.17, 15) is 9.32 Å². The van der Waals surface area contributed by atoms with E-state index >= 15 is 0 Å². The number of aliphatic hydroxyl groups is 1. The Bertz CT molecular complexity index is 880. The van der Waals surface area contributed by atoms with Crippen molar-refractivity contribution >= 4 is 33.7 Å². The summed E-state index contributed by atoms with van der Waals surface area (Å²) < 4.78 is 18.0. The van der Waals surface area contributed by atoms with Gasteiger partial charge in [0.15, 0.2) is 0 Å². The number of rotatable bonds is 8. The Balaban J connectivity index is 1.58. The fourth-order valence-corrected chi connectivity index (χ4v) is 4.42. The highest BCUT2D eigenvalue weighted by atomic mass is 35.5. The van der Waals surface area contributed by atoms with E-state index in [2.05, 4.69) is 10.3 Å². The Morgan fingerprint density at radius 2 is 2.15 bits per heavy atom. The number of aryl methyl sites for hydroxylation is 1. The largest absolute Gasteiger partial charge is 0.441 e. The highest BCUT2D eigenvalue weighted by Gasteiger charge is 2.17. The monoisotopic (exact) mass is 410 g/mol. The molecule has 0 aliphatic rings. The molecule has 3 rings (SSSR count). The van der Waals surface area contributed by atoms with Crippen LogP contribution in [0.2, 0.25) is 5.02 Å². The minimum Gasteiger partial charge on any atom is -0.441 e. The van der Waals surface area contributed by atoms with Crippen molar-refractivity contribution < 1.29 is 13.7 Å². The van der Waals surface area contributed by atoms with Gasteiger partial charge in [-0.3, -0.25) is 9.53 Å². The smallest absolute Gasteiger partial charge is 0.228 e. The van der Waals surface area contributed by atoms with Gasteiger partial charge in [0, 0.05) is 22.2 Å². The minimum atomic E-state index is -1.27. The molecule has 2 unspecified atom stereocenters. The van der Waals surface area contributed by atoms with Crippen LogP contribution in [-0.2, 0) is 23.1 Å². The molecule has 2 aromatic heterocycles. The molecule has 0 fully saturated rings. The lowest BCUT2D eigenvalue weighted by atomic mass is 10.2. The number of benzene rings is 1. The van der Waals surface area contributed by atoms with Gasteiger partial charge in [0.25, 0.3) is 0 Å². The second-order valence-electron chi connectivity index (χ2n) is 5.73. The summed E-state index contributed by atoms with van der Waals surface area (Å²) in [5, 5.41) is 15.5. The van der Waals surface area contributed by atoms with Gasteiger partial charge in [-0.05, 0) is 30.5 Å². The second kappa shape index (κ2) is 8.92. The van der Waals surface area contributed by atoms with Crippen molar-refractivity contribution in [2.24, 2.45) is 0 Å². The normalized spacial score (nSPS) is 13.7. The first kappa shape index (κ1) is 19.3. The van der Waals surface area contributed by atoms with Crippen molar-refractivity contribution in [3.63, 3.8) is 0 Å². The molecular formula is C18H19ClN2O3S2. The Hall–Kier alpha value is -1.51. The summed E-state index contributed by atoms with van der Waals surface area (Å²) in [5.74, 6) is 1.36. The molecule has 8 heteroatoms. The van der Waals surface area contributed by atoms with E-state index in [1.807, 2.05) is 35.7 Å². The van der Waals surface area contributed by atoms with Crippen LogP contribution in [0.5, 0.6) is 0 Å². The zero-order chi connectivity index (χ0) is 18.5. The van der Waals surface area contributed by atoms with Gasteiger partial charge < -0.3 is 9.52 Å². The number of hydrogen-bond acceptors (Lipinski definition) is 6. The van der Waals surface area contributed by atoms with Gasteiger partial charge >= 0.3 is 0 Å². The molecule has 3 aromatic rings. The number of hydrogen-bond donors (Lipinski definition) is 2. The molecule has 2 N–H and O–H groups in total. The SMILES string of the molecule is Cc1oc(-c2ccccc2Cl)nc1CS(=O)CC(O)NCc1cccs1. The Kier molecular flexibility index (Phi) is 6.61. The van der Waals surface area contributed by atoms with Gasteiger partial charge in [-0.15, -0.1) is 11.3 Å². The lowest BCUT2D eigenvalue weighted by Gasteiger charge is -2.11. The molecule has 0 amide bonds. The van der Waals surface area contributed by atoms with E-state index in [1.54, 1.807) is 24.3 Å². The van der Waals surface area contributed by atoms with Crippen molar-refractivity contribution in [1.29, 1.82) is 0 Å². The Morgan fingerprint density at radius 3 is 2.88 bits per heavy atom. The summed E-state index contributed by atoms with van der Waals surface area (Å²) in [5.41, 5.74) is 1.32. The third-order valence-electron chi connectivity index (χ3n) is 3.73. The molecule has 0 aliphatic carbocycles. The van der Waals surface area contributed by atoms with Crippen molar-refractivity contribution in [2.45, 2.75) is 25.4 Å². The fraction of sp³-hybridized carbons (Fsp3) is 0.278. The summed E-state index contributed by atoms with van der Waals surface area (Å²) in [7, 11) is -1.27. The number of oxazole rings is 1. The summed E-state index contributed by atoms with van der Waals surface area (Å²) >= 11 is 7.78. The van der Waals surface area contributed by atoms with E-state index in [0.29, 0.717) is 34.5 Å². The van der Waals surface area contributed by atoms with Crippen molar-refractivity contribution in [2.75, 3.05) is 5.75 Å². The molecule has 2 heterocycles. The molecule has 0 saturated heterocycles. The van der Waals surface area contributed by atoms with Crippen LogP contribution in [0.15, 0.2) is 46.2 Å². The fourth-order valence-electron chi connectivity index (χ4n) is 2.39. The molecule has 138 valence electrons. The molecule has 0 radical (unpaired) electrons. The third-order valence-corrected chi connectivity index (χ3v) is 6.22. The standard InChI is InChI=1S/C18H19ClN2O3S2/c1-12-16(21-18(24-12)14-6-2-3-7-15(14)19)10-26(23)11-17(22)20-9-13-5-4-8-25-13/h2-8,17,20,22H,9-11H2,1H3. The van der Waals surface area contributed by atoms with Crippen LogP contribution in [0.4, 0.5) is 0 Å². The van der Waals surface area contributed by atoms with Crippen LogP contribution in [0.1, 0.15) is 16.3 Å². The van der Waals surface area contributed by atoms with Crippen molar-refractivity contribution in [3.05, 3.63) is 63.1 Å². The van der Waals surface area contributed by atoms with E-state index in [-0.39, 0.29) is 11.5 Å². The number of aliphatic hydroxyl groups excluding tert-OH is 1. The van der Waals surface area contributed by atoms with Crippen LogP contribution in [0.3, 0.4) is 0 Å². The highest BCUT2D eigenvalue weighted by molar-refractivity contribution is 7.84. The van der Waals surface area contributed by atoms with Crippen molar-refractivity contribution in [3.8, 4) is 11.5 Å². The minimum absolute atomic E-state index is 0.124. The first-order valence-electron chi connectivity index (χ1n) is 8.03. The number of nitrogens with one attached hydrogen (secondary N) is 1. The van der Waals surface area contributed by atoms with E-state index in [4.69, 9.17) is 16.0 Å². The van der Waals surface area contributed by atoms with E-state index in [1.165, 1.54) is 0 Å². The highest BCUT2D eigenvalue weighted by Crippen LogP contribution is 2.28. The van der Waals surface area contributed by atoms with Crippen LogP contribution >= 0.6 is 22.9 Å². The summed E-state index contributed by atoms with van der Waals surface area (Å²) in [4.78, 5) is 5.55. The van der Waals surface area contributed by atoms with Crippen molar-refractivity contribution in [1.82, 2.24) is 10.3 Å². The zero-order valence-electron chi connectivity index (χ0n) is 14.1. The Morgan fingerprint density at radius 1 is 1.35 bits per heavy atom. The van der Waals surface area contributed by atoms with E-state index in [0.717, 1.165) is 4.88 Å². The lowest BCUT2D eigenvalue weighted by molar-refractivity contribution is 0.159. The molecule has 0 saturated carbocycles. The number of halogens is 1. The molecule has 1 aromatic carbocycles. The van der Waals surface area contributed by atoms with Crippen LogP contribution in [0, 0.1) is 6.92 Å². The number of thiophene rings is 1. The van der Waals surface area contributed by atoms with Gasteiger partial charge in [0.05, 0.1) is 27.8 Å². The number of nitrogens with zero attached hydrogens (tertiary/aromatic N) is 1. The zero-order valence-corrected chi connectivity index (χ0v) is 16.5. The topological polar surface area (TPSA) is 75.4 Å². The van der Waals surface area contributed by atoms with Crippen LogP contribution in [-0.4, -0.2) is 26.3 Å². The molecule has 5 nitrogen and oxygen atoms in total. The van der Waals surface area contributed by atoms with Gasteiger partial charge in [-0.2, -0.15) is 0 Å². The summed E-state index contributed by atoms with van der Waals surface area (Å²) in [6.07, 6.45) is -0.840. The lowest BCUT2D eigenvalue weighted by Crippen LogP contribution is -2.33. The van der Waals surface area contributed by atoms with Gasteiger partial charge in [0.2, 0.25) is 5.89 Å². The van der Waals surface area contributed by atoms with E-state index < -0.39 is 17.0 Å². The molecule has 26 heavy (non-hydrogen) atoms. The third kappa shape index (κ3) is 5.02. The maximum absolute atomic E-state index is 12.4. The first-order valence-corrected chi connectivity index (χ1v) is 10.8. The second-order valence-corrected chi connectivity index (χ2v) is 8.67. The maximum atomic E-state index is 12.4. The number of aromatic nitrogens is 1. The van der Waals surface area contributed by atoms with Crippen LogP contribution in [0.25, 0.3) is 11.5 Å².